The van der Waals surface area contributed by atoms with Crippen LogP contribution in [-0.2, 0) is 0 Å². The monoisotopic (exact) mass is 524 g/mol. The summed E-state index contributed by atoms with van der Waals surface area (Å²) in [4.78, 5) is 16.3. The van der Waals surface area contributed by atoms with Gasteiger partial charge in [-0.1, -0.05) is 0 Å². The van der Waals surface area contributed by atoms with E-state index in [1.165, 1.54) is 25.4 Å². The number of pyridine rings is 1. The number of β-amino-alcohol motifs (C(OH)–C–C–N with tert-alkyl or cyclic N) is 1. The van der Waals surface area contributed by atoms with Crippen molar-refractivity contribution in [1.29, 1.82) is 0 Å². The van der Waals surface area contributed by atoms with Crippen molar-refractivity contribution < 1.29 is 27.8 Å². The maximum atomic E-state index is 14.3. The molecule has 5 heterocycles. The van der Waals surface area contributed by atoms with Crippen LogP contribution in [0.25, 0.3) is 10.9 Å². The maximum Gasteiger partial charge on any atom is 0.410 e. The SMILES string of the molecule is C[C@H](n1nc(N2CC[C@@H](O)C2)c2cnc(Nc3ccnc(N4CCC(C)(O)C(F)C4)n3)cc21)C(F)(F)F. The van der Waals surface area contributed by atoms with Gasteiger partial charge < -0.3 is 25.3 Å². The van der Waals surface area contributed by atoms with Crippen LogP contribution < -0.4 is 15.1 Å². The van der Waals surface area contributed by atoms with Crippen LogP contribution in [0, 0.1) is 0 Å². The van der Waals surface area contributed by atoms with Gasteiger partial charge in [-0.3, -0.25) is 4.68 Å². The zero-order valence-electron chi connectivity index (χ0n) is 20.3. The Morgan fingerprint density at radius 2 is 1.95 bits per heavy atom. The third-order valence-electron chi connectivity index (χ3n) is 7.00. The van der Waals surface area contributed by atoms with Crippen molar-refractivity contribution in [3.8, 4) is 0 Å². The first-order valence-electron chi connectivity index (χ1n) is 12.0. The first-order valence-corrected chi connectivity index (χ1v) is 12.0. The quantitative estimate of drug-likeness (QED) is 0.434. The Labute approximate surface area is 209 Å². The van der Waals surface area contributed by atoms with Crippen LogP contribution in [-0.4, -0.2) is 85.2 Å². The molecule has 0 amide bonds. The molecule has 3 aromatic rings. The van der Waals surface area contributed by atoms with E-state index in [9.17, 15) is 27.8 Å². The van der Waals surface area contributed by atoms with Gasteiger partial charge in [-0.15, -0.1) is 0 Å². The molecule has 3 N–H and O–H groups in total. The Morgan fingerprint density at radius 1 is 1.16 bits per heavy atom. The summed E-state index contributed by atoms with van der Waals surface area (Å²) in [5.74, 6) is 1.16. The minimum atomic E-state index is -4.52. The highest BCUT2D eigenvalue weighted by Gasteiger charge is 2.40. The van der Waals surface area contributed by atoms with Gasteiger partial charge in [-0.05, 0) is 32.8 Å². The van der Waals surface area contributed by atoms with Gasteiger partial charge in [0.15, 0.2) is 5.82 Å². The second kappa shape index (κ2) is 9.24. The summed E-state index contributed by atoms with van der Waals surface area (Å²) >= 11 is 0. The fourth-order valence-electron chi connectivity index (χ4n) is 4.57. The minimum absolute atomic E-state index is 0.0663. The maximum absolute atomic E-state index is 14.3. The van der Waals surface area contributed by atoms with E-state index in [0.29, 0.717) is 36.5 Å². The summed E-state index contributed by atoms with van der Waals surface area (Å²) in [7, 11) is 0. The molecule has 0 saturated carbocycles. The van der Waals surface area contributed by atoms with Gasteiger partial charge in [0.25, 0.3) is 0 Å². The summed E-state index contributed by atoms with van der Waals surface area (Å²) in [6.07, 6.45) is -2.91. The van der Waals surface area contributed by atoms with Crippen LogP contribution in [0.2, 0.25) is 0 Å². The largest absolute Gasteiger partial charge is 0.410 e. The number of nitrogens with one attached hydrogen (secondary N) is 1. The molecule has 0 spiro atoms. The summed E-state index contributed by atoms with van der Waals surface area (Å²) in [5, 5.41) is 27.7. The first-order chi connectivity index (χ1) is 17.4. The number of rotatable bonds is 5. The van der Waals surface area contributed by atoms with Crippen LogP contribution >= 0.6 is 0 Å². The number of fused-ring (bicyclic) bond motifs is 1. The Hall–Kier alpha value is -3.26. The van der Waals surface area contributed by atoms with Crippen molar-refractivity contribution in [2.45, 2.75) is 56.8 Å². The number of hydrogen-bond acceptors (Lipinski definition) is 9. The van der Waals surface area contributed by atoms with Crippen LogP contribution in [0.5, 0.6) is 0 Å². The zero-order chi connectivity index (χ0) is 26.5. The van der Waals surface area contributed by atoms with Gasteiger partial charge in [0.1, 0.15) is 23.8 Å². The van der Waals surface area contributed by atoms with Crippen molar-refractivity contribution >= 4 is 34.3 Å². The number of alkyl halides is 4. The van der Waals surface area contributed by atoms with E-state index in [0.717, 1.165) is 11.6 Å². The summed E-state index contributed by atoms with van der Waals surface area (Å²) in [5.41, 5.74) is -1.18. The van der Waals surface area contributed by atoms with Crippen molar-refractivity contribution in [3.63, 3.8) is 0 Å². The molecule has 5 rings (SSSR count). The van der Waals surface area contributed by atoms with Crippen molar-refractivity contribution in [3.05, 3.63) is 24.5 Å². The lowest BCUT2D eigenvalue weighted by molar-refractivity contribution is -0.164. The number of aliphatic hydroxyl groups is 2. The molecule has 14 heteroatoms. The minimum Gasteiger partial charge on any atom is -0.391 e. The molecule has 0 bridgehead atoms. The van der Waals surface area contributed by atoms with E-state index in [4.69, 9.17) is 0 Å². The smallest absolute Gasteiger partial charge is 0.391 e. The molecule has 0 aliphatic carbocycles. The fraction of sp³-hybridized carbons (Fsp3) is 0.565. The average Bonchev–Trinajstić information content (AvgIpc) is 3.43. The van der Waals surface area contributed by atoms with Crippen LogP contribution in [0.4, 0.5) is 41.0 Å². The first kappa shape index (κ1) is 25.4. The molecular formula is C23H28F4N8O2. The van der Waals surface area contributed by atoms with Crippen LogP contribution in [0.3, 0.4) is 0 Å². The Kier molecular flexibility index (Phi) is 6.34. The number of anilines is 4. The highest BCUT2D eigenvalue weighted by molar-refractivity contribution is 5.92. The number of piperidine rings is 1. The molecule has 4 atom stereocenters. The molecule has 0 radical (unpaired) electrons. The van der Waals surface area contributed by atoms with Gasteiger partial charge in [0.2, 0.25) is 5.95 Å². The van der Waals surface area contributed by atoms with E-state index in [2.05, 4.69) is 25.4 Å². The predicted molar refractivity (Wildman–Crippen MR) is 129 cm³/mol. The molecule has 200 valence electrons. The topological polar surface area (TPSA) is 115 Å². The highest BCUT2D eigenvalue weighted by atomic mass is 19.4. The third kappa shape index (κ3) is 4.99. The molecule has 0 aromatic carbocycles. The molecule has 2 saturated heterocycles. The van der Waals surface area contributed by atoms with Crippen LogP contribution in [0.1, 0.15) is 32.7 Å². The number of hydrogen-bond donors (Lipinski definition) is 3. The Morgan fingerprint density at radius 3 is 2.62 bits per heavy atom. The highest BCUT2D eigenvalue weighted by Crippen LogP contribution is 2.37. The lowest BCUT2D eigenvalue weighted by Gasteiger charge is -2.38. The van der Waals surface area contributed by atoms with Crippen molar-refractivity contribution in [2.24, 2.45) is 0 Å². The summed E-state index contributed by atoms with van der Waals surface area (Å²) < 4.78 is 56.2. The van der Waals surface area contributed by atoms with Gasteiger partial charge >= 0.3 is 6.18 Å². The van der Waals surface area contributed by atoms with Gasteiger partial charge in [-0.2, -0.15) is 23.3 Å². The lowest BCUT2D eigenvalue weighted by Crippen LogP contribution is -2.52. The second-order valence-electron chi connectivity index (χ2n) is 9.85. The van der Waals surface area contributed by atoms with Gasteiger partial charge in [-0.25, -0.2) is 14.4 Å². The number of aromatic nitrogens is 5. The zero-order valence-corrected chi connectivity index (χ0v) is 20.3. The third-order valence-corrected chi connectivity index (χ3v) is 7.00. The van der Waals surface area contributed by atoms with Crippen LogP contribution in [0.15, 0.2) is 24.5 Å². The van der Waals surface area contributed by atoms with E-state index in [1.807, 2.05) is 0 Å². The summed E-state index contributed by atoms with van der Waals surface area (Å²) in [6.45, 7) is 3.54. The van der Waals surface area contributed by atoms with E-state index >= 15 is 0 Å². The van der Waals surface area contributed by atoms with Crippen molar-refractivity contribution in [1.82, 2.24) is 24.7 Å². The molecular weight excluding hydrogens is 496 g/mol. The van der Waals surface area contributed by atoms with E-state index in [1.54, 1.807) is 15.9 Å². The normalized spacial score (nSPS) is 25.6. The standard InChI is InChI=1S/C23H28F4N8O2/c1-13(23(25,26)27)35-16-9-19(29-10-15(16)20(32-35)33-7-4-14(36)11-33)30-18-3-6-28-21(31-18)34-8-5-22(2,37)17(24)12-34/h3,6,9-10,13-14,17,36-37H,4-5,7-8,11-12H2,1-2H3,(H,28,29,30,31)/t13-,14+,17?,22?/m0/s1. The second-order valence-corrected chi connectivity index (χ2v) is 9.85. The van der Waals surface area contributed by atoms with E-state index < -0.39 is 30.1 Å². The van der Waals surface area contributed by atoms with Crippen molar-refractivity contribution in [2.75, 3.05) is 41.3 Å². The molecule has 2 fully saturated rings. The molecule has 37 heavy (non-hydrogen) atoms. The molecule has 2 aliphatic heterocycles. The van der Waals surface area contributed by atoms with E-state index in [-0.39, 0.29) is 36.8 Å². The number of nitrogens with zero attached hydrogens (tertiary/aromatic N) is 7. The lowest BCUT2D eigenvalue weighted by atomic mass is 9.92. The van der Waals surface area contributed by atoms with Gasteiger partial charge in [0.05, 0.1) is 29.2 Å². The molecule has 3 aromatic heterocycles. The predicted octanol–water partition coefficient (Wildman–Crippen LogP) is 2.96. The Balaban J connectivity index is 1.45. The number of aliphatic hydroxyl groups excluding tert-OH is 1. The fourth-order valence-corrected chi connectivity index (χ4v) is 4.57. The molecule has 10 nitrogen and oxygen atoms in total. The Bertz CT molecular complexity index is 1280. The number of halogens is 4. The molecule has 2 unspecified atom stereocenters. The summed E-state index contributed by atoms with van der Waals surface area (Å²) in [6, 6.07) is 1.15. The van der Waals surface area contributed by atoms with Gasteiger partial charge in [0, 0.05) is 38.1 Å². The average molecular weight is 525 g/mol. The molecule has 2 aliphatic rings.